The normalized spacial score (nSPS) is 18.4. The monoisotopic (exact) mass is 798 g/mol. The third-order valence-electron chi connectivity index (χ3n) is 10.4. The summed E-state index contributed by atoms with van der Waals surface area (Å²) in [5, 5.41) is 5.14. The number of hydrogen-bond donors (Lipinski definition) is 4. The number of halogens is 2. The number of hydrogen-bond acceptors (Lipinski definition) is 8. The first-order chi connectivity index (χ1) is 27.7. The number of benzene rings is 2. The van der Waals surface area contributed by atoms with Crippen LogP contribution in [0.5, 0.6) is 0 Å². The molecule has 14 nitrogen and oxygen atoms in total. The lowest BCUT2D eigenvalue weighted by molar-refractivity contribution is -0.137. The number of methoxy groups -OCH3 is 2. The second-order valence-corrected chi connectivity index (χ2v) is 15.2. The average Bonchev–Trinajstić information content (AvgIpc) is 4.04. The molecule has 16 heteroatoms. The number of imidazole rings is 2. The minimum absolute atomic E-state index is 0.127. The van der Waals surface area contributed by atoms with Gasteiger partial charge in [-0.15, -0.1) is 0 Å². The van der Waals surface area contributed by atoms with Crippen molar-refractivity contribution in [2.24, 2.45) is 11.8 Å². The van der Waals surface area contributed by atoms with Crippen LogP contribution < -0.4 is 10.6 Å². The van der Waals surface area contributed by atoms with Crippen LogP contribution in [0.2, 0.25) is 0 Å². The van der Waals surface area contributed by atoms with Gasteiger partial charge in [0.05, 0.1) is 50.4 Å². The Balaban J connectivity index is 1.10. The van der Waals surface area contributed by atoms with Gasteiger partial charge in [-0.1, -0.05) is 63.8 Å². The van der Waals surface area contributed by atoms with Gasteiger partial charge >= 0.3 is 12.2 Å². The van der Waals surface area contributed by atoms with E-state index < -0.39 is 55.1 Å². The Hall–Kier alpha value is -6.24. The number of aromatic nitrogens is 4. The number of H-pyrrole nitrogens is 2. The van der Waals surface area contributed by atoms with Crippen molar-refractivity contribution >= 4 is 24.0 Å². The van der Waals surface area contributed by atoms with Crippen LogP contribution in [0, 0.1) is 23.7 Å². The number of amides is 4. The molecule has 306 valence electrons. The molecule has 2 aromatic carbocycles. The molecule has 0 radical (unpaired) electrons. The topological polar surface area (TPSA) is 175 Å². The zero-order valence-electron chi connectivity index (χ0n) is 33.3. The van der Waals surface area contributed by atoms with Gasteiger partial charge in [0.15, 0.2) is 0 Å². The first-order valence-electron chi connectivity index (χ1n) is 19.2. The van der Waals surface area contributed by atoms with Crippen LogP contribution in [0.4, 0.5) is 18.4 Å². The van der Waals surface area contributed by atoms with Crippen molar-refractivity contribution in [3.05, 3.63) is 83.7 Å². The van der Waals surface area contributed by atoms with Crippen LogP contribution in [-0.2, 0) is 19.1 Å². The number of rotatable bonds is 10. The average molecular weight is 799 g/mol. The highest BCUT2D eigenvalue weighted by atomic mass is 19.3. The van der Waals surface area contributed by atoms with Crippen molar-refractivity contribution in [1.29, 1.82) is 0 Å². The molecule has 4 unspecified atom stereocenters. The van der Waals surface area contributed by atoms with Gasteiger partial charge in [-0.3, -0.25) is 9.59 Å². The molecule has 2 aliphatic rings. The highest BCUT2D eigenvalue weighted by Gasteiger charge is 2.50. The van der Waals surface area contributed by atoms with Gasteiger partial charge < -0.3 is 39.9 Å². The number of carbonyl (C=O) groups is 4. The molecule has 4 N–H and O–H groups in total. The lowest BCUT2D eigenvalue weighted by Crippen LogP contribution is -2.51. The summed E-state index contributed by atoms with van der Waals surface area (Å²) in [5.41, 5.74) is 4.50. The maximum Gasteiger partial charge on any atom is 0.407 e. The molecule has 0 aliphatic carbocycles. The Kier molecular flexibility index (Phi) is 12.5. The molecule has 2 aromatic heterocycles. The lowest BCUT2D eigenvalue weighted by Gasteiger charge is -2.30. The predicted molar refractivity (Wildman–Crippen MR) is 210 cm³/mol. The van der Waals surface area contributed by atoms with Gasteiger partial charge in [0, 0.05) is 35.9 Å². The van der Waals surface area contributed by atoms with Crippen LogP contribution in [0.25, 0.3) is 22.5 Å². The van der Waals surface area contributed by atoms with Crippen molar-refractivity contribution in [2.45, 2.75) is 77.0 Å². The Morgan fingerprint density at radius 1 is 0.810 bits per heavy atom. The van der Waals surface area contributed by atoms with Crippen LogP contribution in [-0.4, -0.2) is 99.1 Å². The smallest absolute Gasteiger partial charge is 0.407 e. The molecule has 4 amide bonds. The van der Waals surface area contributed by atoms with Gasteiger partial charge in [0.25, 0.3) is 5.92 Å². The summed E-state index contributed by atoms with van der Waals surface area (Å²) in [5.74, 6) is 2.81. The van der Waals surface area contributed by atoms with Crippen LogP contribution in [0.1, 0.15) is 81.8 Å². The van der Waals surface area contributed by atoms with E-state index in [4.69, 9.17) is 4.74 Å². The molecular formula is C42H48F2N8O6. The van der Waals surface area contributed by atoms with Crippen molar-refractivity contribution in [2.75, 3.05) is 27.3 Å². The zero-order valence-corrected chi connectivity index (χ0v) is 33.3. The SMILES string of the molecule is COC(=O)NC(C(=O)N1CC(F)(F)CC1c1nc(-c2ccc(C#Cc3ccc(-c4cnc(C5CCCN5C(=O)C(NC(=O)OC)C(C)C)[nH]4)cc3)cc2)c[nH]1)C(C)C. The summed E-state index contributed by atoms with van der Waals surface area (Å²) in [4.78, 5) is 69.2. The van der Waals surface area contributed by atoms with Gasteiger partial charge in [0.1, 0.15) is 23.7 Å². The van der Waals surface area contributed by atoms with Gasteiger partial charge in [-0.25, -0.2) is 28.3 Å². The first kappa shape index (κ1) is 41.4. The summed E-state index contributed by atoms with van der Waals surface area (Å²) in [6, 6.07) is 12.0. The summed E-state index contributed by atoms with van der Waals surface area (Å²) in [6.45, 7) is 6.96. The Morgan fingerprint density at radius 2 is 1.36 bits per heavy atom. The van der Waals surface area contributed by atoms with Crippen LogP contribution >= 0.6 is 0 Å². The molecule has 0 saturated carbocycles. The first-order valence-corrected chi connectivity index (χ1v) is 19.2. The third-order valence-corrected chi connectivity index (χ3v) is 10.4. The van der Waals surface area contributed by atoms with Crippen LogP contribution in [0.3, 0.4) is 0 Å². The molecule has 58 heavy (non-hydrogen) atoms. The van der Waals surface area contributed by atoms with Gasteiger partial charge in [-0.2, -0.15) is 0 Å². The summed E-state index contributed by atoms with van der Waals surface area (Å²) >= 11 is 0. The molecule has 0 spiro atoms. The molecule has 6 rings (SSSR count). The summed E-state index contributed by atoms with van der Waals surface area (Å²) in [7, 11) is 2.44. The Morgan fingerprint density at radius 3 is 1.91 bits per heavy atom. The van der Waals surface area contributed by atoms with Gasteiger partial charge in [0.2, 0.25) is 11.8 Å². The summed E-state index contributed by atoms with van der Waals surface area (Å²) < 4.78 is 38.8. The fourth-order valence-corrected chi connectivity index (χ4v) is 7.27. The molecule has 0 bridgehead atoms. The Bertz CT molecular complexity index is 2170. The lowest BCUT2D eigenvalue weighted by atomic mass is 10.0. The van der Waals surface area contributed by atoms with E-state index in [0.717, 1.165) is 45.7 Å². The van der Waals surface area contributed by atoms with Gasteiger partial charge in [-0.05, 0) is 54.5 Å². The Labute approximate surface area is 335 Å². The zero-order chi connectivity index (χ0) is 41.7. The number of alkyl carbamates (subject to hydrolysis) is 2. The van der Waals surface area contributed by atoms with E-state index in [2.05, 4.69) is 47.1 Å². The molecule has 4 heterocycles. The predicted octanol–water partition coefficient (Wildman–Crippen LogP) is 6.20. The van der Waals surface area contributed by atoms with E-state index in [1.807, 2.05) is 62.4 Å². The molecule has 4 atom stereocenters. The molecule has 2 aliphatic heterocycles. The van der Waals surface area contributed by atoms with Crippen molar-refractivity contribution in [3.8, 4) is 34.4 Å². The van der Waals surface area contributed by atoms with E-state index >= 15 is 0 Å². The number of likely N-dealkylation sites (tertiary alicyclic amines) is 2. The van der Waals surface area contributed by atoms with E-state index in [-0.39, 0.29) is 29.6 Å². The molecule has 2 fully saturated rings. The highest BCUT2D eigenvalue weighted by molar-refractivity contribution is 5.87. The second kappa shape index (κ2) is 17.5. The minimum atomic E-state index is -3.13. The molecular weight excluding hydrogens is 751 g/mol. The second-order valence-electron chi connectivity index (χ2n) is 15.2. The number of nitrogens with one attached hydrogen (secondary N) is 4. The highest BCUT2D eigenvalue weighted by Crippen LogP contribution is 2.41. The number of ether oxygens (including phenoxy) is 2. The van der Waals surface area contributed by atoms with Crippen molar-refractivity contribution in [1.82, 2.24) is 40.4 Å². The number of carbonyl (C=O) groups excluding carboxylic acids is 4. The van der Waals surface area contributed by atoms with E-state index in [1.54, 1.807) is 31.1 Å². The maximum absolute atomic E-state index is 14.7. The van der Waals surface area contributed by atoms with Crippen molar-refractivity contribution in [3.63, 3.8) is 0 Å². The maximum atomic E-state index is 14.7. The van der Waals surface area contributed by atoms with E-state index in [1.165, 1.54) is 14.2 Å². The van der Waals surface area contributed by atoms with E-state index in [9.17, 15) is 28.0 Å². The number of nitrogens with zero attached hydrogens (tertiary/aromatic N) is 4. The van der Waals surface area contributed by atoms with Crippen LogP contribution in [0.15, 0.2) is 60.9 Å². The molecule has 4 aromatic rings. The summed E-state index contributed by atoms with van der Waals surface area (Å²) in [6.07, 6.45) is 2.86. The quantitative estimate of drug-likeness (QED) is 0.137. The standard InChI is InChI=1S/C42H48F2N8O6/c1-24(2)34(49-40(55)57-5)38(53)51-19-7-8-32(51)36-45-21-30(47-36)28-15-11-26(12-16-28)9-10-27-13-17-29(18-14-27)31-22-46-37(48-31)33-20-42(43,44)23-52(33)39(54)35(25(3)4)50-41(56)58-6/h11-18,21-22,24-25,32-35H,7-8,19-20,23H2,1-6H3,(H,45,47)(H,46,48)(H,49,55)(H,50,56). The minimum Gasteiger partial charge on any atom is -0.453 e. The van der Waals surface area contributed by atoms with Crippen molar-refractivity contribution < 1.29 is 37.4 Å². The fourth-order valence-electron chi connectivity index (χ4n) is 7.27. The fraction of sp³-hybridized carbons (Fsp3) is 0.429. The largest absolute Gasteiger partial charge is 0.453 e. The van der Waals surface area contributed by atoms with E-state index in [0.29, 0.717) is 18.1 Å². The third kappa shape index (κ3) is 9.30. The number of aromatic amines is 2. The molecule has 2 saturated heterocycles. The number of alkyl halides is 2.